The molecule has 0 bridgehead atoms. The third-order valence-corrected chi connectivity index (χ3v) is 2.71. The zero-order valence-corrected chi connectivity index (χ0v) is 9.88. The average Bonchev–Trinajstić information content (AvgIpc) is 2.15. The molecule has 0 radical (unpaired) electrons. The summed E-state index contributed by atoms with van der Waals surface area (Å²) in [5.74, 6) is 5.15. The van der Waals surface area contributed by atoms with Crippen LogP contribution in [0.15, 0.2) is 0 Å². The number of rotatable bonds is 2. The standard InChI is InChI=1S/C11H22N2O2/c1-11(2,3)15-9-6-4-8(5-7-9)10(14)13-12/h8-9H,4-7,12H2,1-3H3,(H,13,14)/t8-,9+. The summed E-state index contributed by atoms with van der Waals surface area (Å²) < 4.78 is 5.88. The van der Waals surface area contributed by atoms with Crippen LogP contribution in [0.25, 0.3) is 0 Å². The molecule has 88 valence electrons. The molecule has 4 heteroatoms. The second-order valence-corrected chi connectivity index (χ2v) is 5.21. The molecule has 0 aromatic rings. The van der Waals surface area contributed by atoms with Gasteiger partial charge in [-0.3, -0.25) is 10.2 Å². The molecule has 0 aromatic heterocycles. The summed E-state index contributed by atoms with van der Waals surface area (Å²) >= 11 is 0. The monoisotopic (exact) mass is 214 g/mol. The normalized spacial score (nSPS) is 27.5. The van der Waals surface area contributed by atoms with Crippen LogP contribution in [0.1, 0.15) is 46.5 Å². The Bertz CT molecular complexity index is 215. The first-order chi connectivity index (χ1) is 6.92. The van der Waals surface area contributed by atoms with Crippen molar-refractivity contribution in [2.24, 2.45) is 11.8 Å². The molecule has 3 N–H and O–H groups in total. The lowest BCUT2D eigenvalue weighted by molar-refractivity contribution is -0.128. The SMILES string of the molecule is CC(C)(C)O[C@H]1CC[C@@H](C(=O)NN)CC1. The lowest BCUT2D eigenvalue weighted by atomic mass is 9.86. The highest BCUT2D eigenvalue weighted by Crippen LogP contribution is 2.28. The van der Waals surface area contributed by atoms with Gasteiger partial charge in [-0.2, -0.15) is 0 Å². The van der Waals surface area contributed by atoms with Gasteiger partial charge in [-0.15, -0.1) is 0 Å². The van der Waals surface area contributed by atoms with Crippen LogP contribution in [0.3, 0.4) is 0 Å². The van der Waals surface area contributed by atoms with Crippen LogP contribution < -0.4 is 11.3 Å². The maximum atomic E-state index is 11.3. The van der Waals surface area contributed by atoms with Gasteiger partial charge in [-0.1, -0.05) is 0 Å². The first kappa shape index (κ1) is 12.5. The minimum atomic E-state index is -0.0897. The highest BCUT2D eigenvalue weighted by atomic mass is 16.5. The van der Waals surface area contributed by atoms with Gasteiger partial charge < -0.3 is 4.74 Å². The van der Waals surface area contributed by atoms with E-state index in [4.69, 9.17) is 10.6 Å². The van der Waals surface area contributed by atoms with Gasteiger partial charge in [0.15, 0.2) is 0 Å². The molecule has 1 aliphatic rings. The van der Waals surface area contributed by atoms with Crippen LogP contribution in [0.4, 0.5) is 0 Å². The predicted molar refractivity (Wildman–Crippen MR) is 58.9 cm³/mol. The molecule has 4 nitrogen and oxygen atoms in total. The van der Waals surface area contributed by atoms with E-state index < -0.39 is 0 Å². The summed E-state index contributed by atoms with van der Waals surface area (Å²) in [6.45, 7) is 6.18. The third kappa shape index (κ3) is 4.18. The smallest absolute Gasteiger partial charge is 0.236 e. The van der Waals surface area contributed by atoms with Gasteiger partial charge in [0.25, 0.3) is 0 Å². The van der Waals surface area contributed by atoms with Crippen LogP contribution in [0, 0.1) is 5.92 Å². The van der Waals surface area contributed by atoms with E-state index >= 15 is 0 Å². The minimum absolute atomic E-state index is 0.0378. The van der Waals surface area contributed by atoms with Crippen molar-refractivity contribution in [1.82, 2.24) is 5.43 Å². The number of hydrogen-bond acceptors (Lipinski definition) is 3. The van der Waals surface area contributed by atoms with Gasteiger partial charge in [0, 0.05) is 5.92 Å². The zero-order chi connectivity index (χ0) is 11.5. The number of hydrogen-bond donors (Lipinski definition) is 2. The lowest BCUT2D eigenvalue weighted by Crippen LogP contribution is -2.39. The Labute approximate surface area is 91.5 Å². The van der Waals surface area contributed by atoms with E-state index in [0.717, 1.165) is 25.7 Å². The number of hydrazine groups is 1. The number of amides is 1. The van der Waals surface area contributed by atoms with Gasteiger partial charge >= 0.3 is 0 Å². The van der Waals surface area contributed by atoms with Crippen LogP contribution in [0.2, 0.25) is 0 Å². The fourth-order valence-electron chi connectivity index (χ4n) is 2.06. The van der Waals surface area contributed by atoms with E-state index in [2.05, 4.69) is 26.2 Å². The van der Waals surface area contributed by atoms with E-state index in [1.807, 2.05) is 0 Å². The summed E-state index contributed by atoms with van der Waals surface area (Å²) in [5, 5.41) is 0. The van der Waals surface area contributed by atoms with Gasteiger partial charge in [0.2, 0.25) is 5.91 Å². The van der Waals surface area contributed by atoms with Crippen molar-refractivity contribution in [2.75, 3.05) is 0 Å². The molecule has 15 heavy (non-hydrogen) atoms. The predicted octanol–water partition coefficient (Wildman–Crippen LogP) is 1.35. The molecule has 0 saturated heterocycles. The van der Waals surface area contributed by atoms with Crippen LogP contribution >= 0.6 is 0 Å². The Morgan fingerprint density at radius 3 is 2.20 bits per heavy atom. The van der Waals surface area contributed by atoms with Gasteiger partial charge in [-0.25, -0.2) is 5.84 Å². The van der Waals surface area contributed by atoms with Crippen molar-refractivity contribution in [3.8, 4) is 0 Å². The van der Waals surface area contributed by atoms with Crippen molar-refractivity contribution in [3.05, 3.63) is 0 Å². The molecule has 1 fully saturated rings. The average molecular weight is 214 g/mol. The highest BCUT2D eigenvalue weighted by molar-refractivity contribution is 5.77. The molecule has 0 aliphatic heterocycles. The van der Waals surface area contributed by atoms with Gasteiger partial charge in [0.05, 0.1) is 11.7 Å². The minimum Gasteiger partial charge on any atom is -0.373 e. The van der Waals surface area contributed by atoms with E-state index in [1.165, 1.54) is 0 Å². The summed E-state index contributed by atoms with van der Waals surface area (Å²) in [4.78, 5) is 11.3. The molecule has 0 atom stereocenters. The Balaban J connectivity index is 2.33. The van der Waals surface area contributed by atoms with Crippen LogP contribution in [0.5, 0.6) is 0 Å². The van der Waals surface area contributed by atoms with Gasteiger partial charge in [-0.05, 0) is 46.5 Å². The lowest BCUT2D eigenvalue weighted by Gasteiger charge is -2.32. The second kappa shape index (κ2) is 4.94. The van der Waals surface area contributed by atoms with Crippen molar-refractivity contribution in [3.63, 3.8) is 0 Å². The maximum Gasteiger partial charge on any atom is 0.236 e. The molecule has 0 spiro atoms. The third-order valence-electron chi connectivity index (χ3n) is 2.71. The zero-order valence-electron chi connectivity index (χ0n) is 9.88. The summed E-state index contributed by atoms with van der Waals surface area (Å²) in [6, 6.07) is 0. The van der Waals surface area contributed by atoms with Crippen molar-refractivity contribution >= 4 is 5.91 Å². The van der Waals surface area contributed by atoms with Crippen LogP contribution in [-0.4, -0.2) is 17.6 Å². The molecule has 0 unspecified atom stereocenters. The van der Waals surface area contributed by atoms with Crippen LogP contribution in [-0.2, 0) is 9.53 Å². The molecular formula is C11H22N2O2. The van der Waals surface area contributed by atoms with Crippen molar-refractivity contribution in [1.29, 1.82) is 0 Å². The fraction of sp³-hybridized carbons (Fsp3) is 0.909. The highest BCUT2D eigenvalue weighted by Gasteiger charge is 2.28. The number of nitrogens with two attached hydrogens (primary N) is 1. The second-order valence-electron chi connectivity index (χ2n) is 5.21. The number of nitrogens with one attached hydrogen (secondary N) is 1. The Morgan fingerprint density at radius 1 is 1.27 bits per heavy atom. The van der Waals surface area contributed by atoms with Crippen molar-refractivity contribution < 1.29 is 9.53 Å². The topological polar surface area (TPSA) is 64.3 Å². The van der Waals surface area contributed by atoms with E-state index in [-0.39, 0.29) is 17.4 Å². The molecule has 0 aromatic carbocycles. The summed E-state index contributed by atoms with van der Waals surface area (Å²) in [6.07, 6.45) is 3.96. The summed E-state index contributed by atoms with van der Waals surface area (Å²) in [5.41, 5.74) is 2.13. The first-order valence-electron chi connectivity index (χ1n) is 5.60. The molecule has 1 saturated carbocycles. The number of ether oxygens (including phenoxy) is 1. The van der Waals surface area contributed by atoms with Crippen molar-refractivity contribution in [2.45, 2.75) is 58.2 Å². The quantitative estimate of drug-likeness (QED) is 0.414. The number of carbonyl (C=O) groups excluding carboxylic acids is 1. The van der Waals surface area contributed by atoms with E-state index in [9.17, 15) is 4.79 Å². The Kier molecular flexibility index (Phi) is 4.11. The molecule has 1 rings (SSSR count). The maximum absolute atomic E-state index is 11.3. The summed E-state index contributed by atoms with van der Waals surface area (Å²) in [7, 11) is 0. The Morgan fingerprint density at radius 2 is 1.80 bits per heavy atom. The van der Waals surface area contributed by atoms with E-state index in [1.54, 1.807) is 0 Å². The Hall–Kier alpha value is -0.610. The largest absolute Gasteiger partial charge is 0.373 e. The molecule has 1 aliphatic carbocycles. The molecule has 0 heterocycles. The molecular weight excluding hydrogens is 192 g/mol. The number of carbonyl (C=O) groups is 1. The van der Waals surface area contributed by atoms with Gasteiger partial charge in [0.1, 0.15) is 0 Å². The van der Waals surface area contributed by atoms with E-state index in [0.29, 0.717) is 6.10 Å². The fourth-order valence-corrected chi connectivity index (χ4v) is 2.06. The molecule has 1 amide bonds. The first-order valence-corrected chi connectivity index (χ1v) is 5.60.